The zero-order chi connectivity index (χ0) is 11.7. The number of rotatable bonds is 1. The lowest BCUT2D eigenvalue weighted by Crippen LogP contribution is -2.18. The number of nitrogens with one attached hydrogen (secondary N) is 1. The number of cyclic esters (lactones) is 1. The van der Waals surface area contributed by atoms with E-state index in [4.69, 9.17) is 4.74 Å². The van der Waals surface area contributed by atoms with Crippen LogP contribution in [0.2, 0.25) is 0 Å². The monoisotopic (exact) mass is 217 g/mol. The molecule has 1 aliphatic heterocycles. The van der Waals surface area contributed by atoms with Crippen LogP contribution in [0.4, 0.5) is 4.79 Å². The van der Waals surface area contributed by atoms with E-state index in [0.717, 1.165) is 16.7 Å². The minimum atomic E-state index is -0.722. The van der Waals surface area contributed by atoms with Crippen LogP contribution in [0.1, 0.15) is 16.7 Å². The van der Waals surface area contributed by atoms with Gasteiger partial charge in [-0.1, -0.05) is 29.3 Å². The van der Waals surface area contributed by atoms with Crippen molar-refractivity contribution in [3.05, 3.63) is 40.6 Å². The first-order valence-electron chi connectivity index (χ1n) is 4.88. The Bertz CT molecular complexity index is 483. The first-order chi connectivity index (χ1) is 7.54. The van der Waals surface area contributed by atoms with Gasteiger partial charge in [-0.3, -0.25) is 10.1 Å². The number of benzene rings is 1. The molecule has 2 amide bonds. The van der Waals surface area contributed by atoms with Crippen molar-refractivity contribution in [1.29, 1.82) is 0 Å². The van der Waals surface area contributed by atoms with E-state index in [1.165, 1.54) is 0 Å². The van der Waals surface area contributed by atoms with Crippen molar-refractivity contribution in [2.45, 2.75) is 13.8 Å². The summed E-state index contributed by atoms with van der Waals surface area (Å²) < 4.78 is 4.72. The predicted molar refractivity (Wildman–Crippen MR) is 58.5 cm³/mol. The smallest absolute Gasteiger partial charge is 0.404 e. The fourth-order valence-electron chi connectivity index (χ4n) is 1.67. The third-order valence-corrected chi connectivity index (χ3v) is 2.18. The minimum absolute atomic E-state index is 0.0370. The third kappa shape index (κ3) is 2.11. The maximum Gasteiger partial charge on any atom is 0.419 e. The first-order valence-corrected chi connectivity index (χ1v) is 4.88. The molecule has 0 spiro atoms. The SMILES string of the molecule is Cc1cc(C)cc(C=C2OC(=O)NC2=O)c1. The molecule has 0 aromatic heterocycles. The van der Waals surface area contributed by atoms with Crippen LogP contribution in [0.5, 0.6) is 0 Å². The molecule has 0 bridgehead atoms. The van der Waals surface area contributed by atoms with Gasteiger partial charge in [0, 0.05) is 0 Å². The number of hydrogen-bond acceptors (Lipinski definition) is 3. The normalized spacial score (nSPS) is 17.5. The molecule has 1 N–H and O–H groups in total. The zero-order valence-corrected chi connectivity index (χ0v) is 9.03. The Kier molecular flexibility index (Phi) is 2.48. The molecule has 4 heteroatoms. The molecule has 1 saturated heterocycles. The quantitative estimate of drug-likeness (QED) is 0.731. The molecule has 4 nitrogen and oxygen atoms in total. The molecule has 2 rings (SSSR count). The molecular weight excluding hydrogens is 206 g/mol. The fraction of sp³-hybridized carbons (Fsp3) is 0.167. The number of amides is 2. The highest BCUT2D eigenvalue weighted by Crippen LogP contribution is 2.15. The third-order valence-electron chi connectivity index (χ3n) is 2.18. The maximum atomic E-state index is 11.2. The average Bonchev–Trinajstić information content (AvgIpc) is 2.43. The maximum absolute atomic E-state index is 11.2. The summed E-state index contributed by atoms with van der Waals surface area (Å²) in [6.07, 6.45) is 0.834. The van der Waals surface area contributed by atoms with E-state index in [-0.39, 0.29) is 5.76 Å². The van der Waals surface area contributed by atoms with Crippen molar-refractivity contribution in [2.75, 3.05) is 0 Å². The molecule has 82 valence electrons. The largest absolute Gasteiger partial charge is 0.419 e. The average molecular weight is 217 g/mol. The number of hydrogen-bond donors (Lipinski definition) is 1. The van der Waals surface area contributed by atoms with Gasteiger partial charge in [0.1, 0.15) is 0 Å². The Morgan fingerprint density at radius 1 is 1.12 bits per heavy atom. The molecule has 0 aliphatic carbocycles. The predicted octanol–water partition coefficient (Wildman–Crippen LogP) is 1.91. The van der Waals surface area contributed by atoms with Crippen molar-refractivity contribution >= 4 is 18.1 Å². The van der Waals surface area contributed by atoms with Gasteiger partial charge in [-0.2, -0.15) is 0 Å². The summed E-state index contributed by atoms with van der Waals surface area (Å²) in [7, 11) is 0. The molecule has 1 fully saturated rings. The van der Waals surface area contributed by atoms with Gasteiger partial charge in [-0.25, -0.2) is 4.79 Å². The van der Waals surface area contributed by atoms with Crippen molar-refractivity contribution in [3.63, 3.8) is 0 Å². The molecule has 0 radical (unpaired) electrons. The second kappa shape index (κ2) is 3.81. The van der Waals surface area contributed by atoms with E-state index in [9.17, 15) is 9.59 Å². The van der Waals surface area contributed by atoms with Crippen LogP contribution in [-0.2, 0) is 9.53 Å². The minimum Gasteiger partial charge on any atom is -0.404 e. The van der Waals surface area contributed by atoms with E-state index in [2.05, 4.69) is 0 Å². The van der Waals surface area contributed by atoms with Gasteiger partial charge in [0.25, 0.3) is 5.91 Å². The summed E-state index contributed by atoms with van der Waals surface area (Å²) in [6, 6.07) is 5.86. The van der Waals surface area contributed by atoms with Gasteiger partial charge in [0.2, 0.25) is 0 Å². The lowest BCUT2D eigenvalue weighted by atomic mass is 10.1. The highest BCUT2D eigenvalue weighted by atomic mass is 16.6. The lowest BCUT2D eigenvalue weighted by Gasteiger charge is -2.00. The van der Waals surface area contributed by atoms with Gasteiger partial charge < -0.3 is 4.74 Å². The van der Waals surface area contributed by atoms with E-state index in [0.29, 0.717) is 0 Å². The van der Waals surface area contributed by atoms with E-state index in [1.54, 1.807) is 6.08 Å². The van der Waals surface area contributed by atoms with E-state index >= 15 is 0 Å². The Morgan fingerprint density at radius 2 is 1.75 bits per heavy atom. The summed E-state index contributed by atoms with van der Waals surface area (Å²) in [5.41, 5.74) is 3.03. The van der Waals surface area contributed by atoms with Crippen LogP contribution in [0.3, 0.4) is 0 Å². The molecule has 1 aromatic rings. The van der Waals surface area contributed by atoms with Gasteiger partial charge in [-0.05, 0) is 25.5 Å². The van der Waals surface area contributed by atoms with Crippen molar-refractivity contribution in [1.82, 2.24) is 5.32 Å². The standard InChI is InChI=1S/C12H11NO3/c1-7-3-8(2)5-9(4-7)6-10-11(14)13-12(15)16-10/h3-6H,1-2H3,(H,13,14,15). The summed E-state index contributed by atoms with van der Waals surface area (Å²) in [4.78, 5) is 22.0. The van der Waals surface area contributed by atoms with Gasteiger partial charge >= 0.3 is 6.09 Å². The second-order valence-electron chi connectivity index (χ2n) is 3.77. The molecule has 0 saturated carbocycles. The Labute approximate surface area is 92.9 Å². The second-order valence-corrected chi connectivity index (χ2v) is 3.77. The Balaban J connectivity index is 2.36. The van der Waals surface area contributed by atoms with Crippen LogP contribution < -0.4 is 5.32 Å². The molecular formula is C12H11NO3. The zero-order valence-electron chi connectivity index (χ0n) is 9.03. The number of alkyl carbamates (subject to hydrolysis) is 1. The molecule has 0 unspecified atom stereocenters. The number of imide groups is 1. The van der Waals surface area contributed by atoms with E-state index in [1.807, 2.05) is 37.4 Å². The highest BCUT2D eigenvalue weighted by Gasteiger charge is 2.25. The van der Waals surface area contributed by atoms with Gasteiger partial charge in [-0.15, -0.1) is 0 Å². The number of carbonyl (C=O) groups is 2. The van der Waals surface area contributed by atoms with Crippen LogP contribution in [-0.4, -0.2) is 12.0 Å². The molecule has 16 heavy (non-hydrogen) atoms. The number of aryl methyl sites for hydroxylation is 2. The summed E-state index contributed by atoms with van der Waals surface area (Å²) in [6.45, 7) is 3.94. The van der Waals surface area contributed by atoms with Gasteiger partial charge in [0.05, 0.1) is 0 Å². The summed E-state index contributed by atoms with van der Waals surface area (Å²) in [5, 5.41) is 2.05. The lowest BCUT2D eigenvalue weighted by molar-refractivity contribution is -0.116. The first kappa shape index (κ1) is 10.4. The van der Waals surface area contributed by atoms with Crippen molar-refractivity contribution < 1.29 is 14.3 Å². The number of ether oxygens (including phenoxy) is 1. The molecule has 1 aliphatic rings. The van der Waals surface area contributed by atoms with Crippen LogP contribution in [0.25, 0.3) is 6.08 Å². The highest BCUT2D eigenvalue weighted by molar-refractivity contribution is 6.09. The summed E-state index contributed by atoms with van der Waals surface area (Å²) >= 11 is 0. The van der Waals surface area contributed by atoms with Crippen LogP contribution >= 0.6 is 0 Å². The van der Waals surface area contributed by atoms with Crippen LogP contribution in [0.15, 0.2) is 24.0 Å². The topological polar surface area (TPSA) is 55.4 Å². The van der Waals surface area contributed by atoms with Gasteiger partial charge in [0.15, 0.2) is 5.76 Å². The number of carbonyl (C=O) groups excluding carboxylic acids is 2. The fourth-order valence-corrected chi connectivity index (χ4v) is 1.67. The molecule has 1 aromatic carbocycles. The summed E-state index contributed by atoms with van der Waals surface area (Å²) in [5.74, 6) is -0.459. The van der Waals surface area contributed by atoms with Crippen molar-refractivity contribution in [3.8, 4) is 0 Å². The molecule has 0 atom stereocenters. The van der Waals surface area contributed by atoms with E-state index < -0.39 is 12.0 Å². The van der Waals surface area contributed by atoms with Crippen LogP contribution in [0, 0.1) is 13.8 Å². The Hall–Kier alpha value is -2.10. The molecule has 1 heterocycles. The Morgan fingerprint density at radius 3 is 2.25 bits per heavy atom. The van der Waals surface area contributed by atoms with Crippen molar-refractivity contribution in [2.24, 2.45) is 0 Å².